The van der Waals surface area contributed by atoms with Crippen LogP contribution in [-0.4, -0.2) is 50.0 Å². The number of methoxy groups -OCH3 is 1. The number of ether oxygens (including phenoxy) is 2. The van der Waals surface area contributed by atoms with Gasteiger partial charge < -0.3 is 19.1 Å². The molecule has 0 radical (unpaired) electrons. The van der Waals surface area contributed by atoms with E-state index in [0.717, 1.165) is 35.4 Å². The predicted octanol–water partition coefficient (Wildman–Crippen LogP) is 5.82. The number of aromatic nitrogens is 5. The summed E-state index contributed by atoms with van der Waals surface area (Å²) in [4.78, 5) is 4.85. The Morgan fingerprint density at radius 1 is 1.12 bits per heavy atom. The summed E-state index contributed by atoms with van der Waals surface area (Å²) in [6.45, 7) is 6.11. The van der Waals surface area contributed by atoms with Gasteiger partial charge in [0, 0.05) is 37.4 Å². The summed E-state index contributed by atoms with van der Waals surface area (Å²) in [5.41, 5.74) is 3.32. The summed E-state index contributed by atoms with van der Waals surface area (Å²) in [5.74, 6) is -0.610. The van der Waals surface area contributed by atoms with E-state index >= 15 is 4.39 Å². The van der Waals surface area contributed by atoms with Gasteiger partial charge in [0.1, 0.15) is 11.6 Å². The van der Waals surface area contributed by atoms with Crippen LogP contribution in [0.5, 0.6) is 5.75 Å². The Balaban J connectivity index is 1.76. The van der Waals surface area contributed by atoms with Gasteiger partial charge in [-0.15, -0.1) is 5.10 Å². The van der Waals surface area contributed by atoms with Gasteiger partial charge in [0.15, 0.2) is 5.82 Å². The number of nitrogens with zero attached hydrogens (tertiary/aromatic N) is 5. The largest absolute Gasteiger partial charge is 0.496 e. The first-order valence-electron chi connectivity index (χ1n) is 13.7. The number of hydrogen-bond donors (Lipinski definition) is 1. The third-order valence-corrected chi connectivity index (χ3v) is 8.13. The summed E-state index contributed by atoms with van der Waals surface area (Å²) in [7, 11) is 3.28. The standard InChI is InChI=1S/C31H33F2N5O3/c1-17-28(37(4)36-35-17)20-14-23-27(34-16-20)22-15-24(40-5)25(31(2,3)39)26(33)30(22)38(23)29(19-10-12-41-13-11-19)18-6-8-21(32)9-7-18/h6-9,14-16,19,29,39H,10-13H2,1-5H3. The fraction of sp³-hybridized carbons (Fsp3) is 0.387. The Hall–Kier alpha value is -3.89. The Labute approximate surface area is 236 Å². The zero-order valence-electron chi connectivity index (χ0n) is 23.8. The first kappa shape index (κ1) is 27.3. The lowest BCUT2D eigenvalue weighted by Gasteiger charge is -2.33. The molecule has 1 fully saturated rings. The first-order chi connectivity index (χ1) is 19.6. The lowest BCUT2D eigenvalue weighted by atomic mass is 9.86. The lowest BCUT2D eigenvalue weighted by molar-refractivity contribution is 0.0551. The molecule has 0 saturated carbocycles. The maximum absolute atomic E-state index is 16.9. The summed E-state index contributed by atoms with van der Waals surface area (Å²) in [6, 6.07) is 9.77. The zero-order valence-corrected chi connectivity index (χ0v) is 23.8. The van der Waals surface area contributed by atoms with Crippen molar-refractivity contribution in [2.75, 3.05) is 20.3 Å². The molecule has 5 aromatic rings. The van der Waals surface area contributed by atoms with E-state index in [9.17, 15) is 9.50 Å². The van der Waals surface area contributed by atoms with Crippen molar-refractivity contribution in [2.24, 2.45) is 13.0 Å². The quantitative estimate of drug-likeness (QED) is 0.281. The Kier molecular flexibility index (Phi) is 6.78. The molecule has 10 heteroatoms. The Bertz CT molecular complexity index is 1730. The number of halogens is 2. The van der Waals surface area contributed by atoms with Crippen molar-refractivity contribution >= 4 is 21.9 Å². The normalized spacial score (nSPS) is 15.6. The van der Waals surface area contributed by atoms with E-state index in [-0.39, 0.29) is 29.1 Å². The van der Waals surface area contributed by atoms with Crippen LogP contribution >= 0.6 is 0 Å². The minimum absolute atomic E-state index is 0.0632. The molecule has 1 aliphatic heterocycles. The topological polar surface area (TPSA) is 87.2 Å². The first-order valence-corrected chi connectivity index (χ1v) is 13.7. The van der Waals surface area contributed by atoms with Crippen molar-refractivity contribution in [3.8, 4) is 17.0 Å². The molecule has 6 rings (SSSR count). The molecule has 0 bridgehead atoms. The van der Waals surface area contributed by atoms with Crippen LogP contribution in [0.3, 0.4) is 0 Å². The zero-order chi connectivity index (χ0) is 29.1. The Morgan fingerprint density at radius 3 is 2.44 bits per heavy atom. The average molecular weight is 562 g/mol. The number of hydrogen-bond acceptors (Lipinski definition) is 6. The monoisotopic (exact) mass is 561 g/mol. The van der Waals surface area contributed by atoms with Gasteiger partial charge in [0.25, 0.3) is 0 Å². The van der Waals surface area contributed by atoms with Gasteiger partial charge in [-0.2, -0.15) is 0 Å². The molecule has 1 unspecified atom stereocenters. The van der Waals surface area contributed by atoms with Crippen LogP contribution in [0.2, 0.25) is 0 Å². The van der Waals surface area contributed by atoms with Crippen molar-refractivity contribution in [1.29, 1.82) is 0 Å². The van der Waals surface area contributed by atoms with Gasteiger partial charge in [0.2, 0.25) is 0 Å². The van der Waals surface area contributed by atoms with Crippen molar-refractivity contribution in [2.45, 2.75) is 45.3 Å². The average Bonchev–Trinajstić information content (AvgIpc) is 3.45. The molecule has 4 heterocycles. The number of pyridine rings is 1. The van der Waals surface area contributed by atoms with E-state index < -0.39 is 11.4 Å². The molecule has 0 aliphatic carbocycles. The van der Waals surface area contributed by atoms with Gasteiger partial charge in [-0.3, -0.25) is 4.98 Å². The smallest absolute Gasteiger partial charge is 0.157 e. The van der Waals surface area contributed by atoms with Crippen molar-refractivity contribution < 1.29 is 23.4 Å². The summed E-state index contributed by atoms with van der Waals surface area (Å²) in [6.07, 6.45) is 3.24. The molecule has 1 saturated heterocycles. The van der Waals surface area contributed by atoms with Crippen LogP contribution in [0.1, 0.15) is 49.6 Å². The second-order valence-electron chi connectivity index (χ2n) is 11.3. The molecule has 1 N–H and O–H groups in total. The SMILES string of the molecule is COc1cc2c3ncc(-c4c(C)nnn4C)cc3n(C(c3ccc(F)cc3)C3CCOCC3)c2c(F)c1C(C)(C)O. The molecule has 2 aromatic carbocycles. The van der Waals surface area contributed by atoms with E-state index in [2.05, 4.69) is 10.3 Å². The van der Waals surface area contributed by atoms with Crippen LogP contribution in [0.15, 0.2) is 42.6 Å². The van der Waals surface area contributed by atoms with Gasteiger partial charge in [-0.25, -0.2) is 13.5 Å². The van der Waals surface area contributed by atoms with Crippen LogP contribution in [-0.2, 0) is 17.4 Å². The minimum atomic E-state index is -1.52. The molecular weight excluding hydrogens is 528 g/mol. The van der Waals surface area contributed by atoms with Gasteiger partial charge in [-0.1, -0.05) is 17.3 Å². The lowest BCUT2D eigenvalue weighted by Crippen LogP contribution is -2.27. The highest BCUT2D eigenvalue weighted by molar-refractivity contribution is 6.08. The van der Waals surface area contributed by atoms with Gasteiger partial charge in [0.05, 0.1) is 52.3 Å². The van der Waals surface area contributed by atoms with Crippen LogP contribution in [0.4, 0.5) is 8.78 Å². The van der Waals surface area contributed by atoms with Crippen molar-refractivity contribution in [1.82, 2.24) is 24.5 Å². The number of fused-ring (bicyclic) bond motifs is 3. The fourth-order valence-corrected chi connectivity index (χ4v) is 6.33. The van der Waals surface area contributed by atoms with Crippen LogP contribution < -0.4 is 4.74 Å². The second-order valence-corrected chi connectivity index (χ2v) is 11.3. The number of benzene rings is 2. The molecule has 0 amide bonds. The third-order valence-electron chi connectivity index (χ3n) is 8.13. The van der Waals surface area contributed by atoms with E-state index in [0.29, 0.717) is 35.2 Å². The maximum Gasteiger partial charge on any atom is 0.157 e. The van der Waals surface area contributed by atoms with Gasteiger partial charge >= 0.3 is 0 Å². The highest BCUT2D eigenvalue weighted by Crippen LogP contribution is 2.45. The van der Waals surface area contributed by atoms with E-state index in [1.165, 1.54) is 33.1 Å². The third kappa shape index (κ3) is 4.55. The summed E-state index contributed by atoms with van der Waals surface area (Å²) >= 11 is 0. The highest BCUT2D eigenvalue weighted by Gasteiger charge is 2.35. The molecule has 8 nitrogen and oxygen atoms in total. The van der Waals surface area contributed by atoms with Gasteiger partial charge in [-0.05, 0) is 69.4 Å². The molecule has 41 heavy (non-hydrogen) atoms. The molecule has 0 spiro atoms. The maximum atomic E-state index is 16.9. The van der Waals surface area contributed by atoms with E-state index in [4.69, 9.17) is 14.5 Å². The molecule has 1 aliphatic rings. The summed E-state index contributed by atoms with van der Waals surface area (Å²) < 4.78 is 46.0. The predicted molar refractivity (Wildman–Crippen MR) is 152 cm³/mol. The van der Waals surface area contributed by atoms with E-state index in [1.54, 1.807) is 29.1 Å². The molecule has 1 atom stereocenters. The summed E-state index contributed by atoms with van der Waals surface area (Å²) in [5, 5.41) is 20.0. The van der Waals surface area contributed by atoms with Crippen molar-refractivity contribution in [3.05, 3.63) is 71.1 Å². The fourth-order valence-electron chi connectivity index (χ4n) is 6.33. The number of rotatable bonds is 6. The minimum Gasteiger partial charge on any atom is -0.496 e. The Morgan fingerprint density at radius 2 is 1.83 bits per heavy atom. The molecular formula is C31H33F2N5O3. The molecule has 214 valence electrons. The van der Waals surface area contributed by atoms with Crippen molar-refractivity contribution in [3.63, 3.8) is 0 Å². The highest BCUT2D eigenvalue weighted by atomic mass is 19.1. The number of aryl methyl sites for hydroxylation is 2. The second kappa shape index (κ2) is 10.2. The molecule has 3 aromatic heterocycles. The number of aliphatic hydroxyl groups is 1. The van der Waals surface area contributed by atoms with Crippen LogP contribution in [0.25, 0.3) is 33.2 Å². The van der Waals surface area contributed by atoms with Crippen LogP contribution in [0, 0.1) is 24.5 Å². The van der Waals surface area contributed by atoms with E-state index in [1.807, 2.05) is 24.6 Å².